The van der Waals surface area contributed by atoms with Gasteiger partial charge < -0.3 is 11.5 Å². The summed E-state index contributed by atoms with van der Waals surface area (Å²) in [6, 6.07) is -0.834. The van der Waals surface area contributed by atoms with Crippen LogP contribution in [-0.4, -0.2) is 18.1 Å². The summed E-state index contributed by atoms with van der Waals surface area (Å²) in [6.07, 6.45) is -1.19. The zero-order valence-electron chi connectivity index (χ0n) is 5.37. The number of carbonyl (C=O) groups excluding carboxylic acids is 2. The van der Waals surface area contributed by atoms with Crippen LogP contribution in [0.2, 0.25) is 0 Å². The average Bonchev–Trinajstić information content (AvgIpc) is 1.82. The van der Waals surface area contributed by atoms with Gasteiger partial charge in [0.2, 0.25) is 0 Å². The molecule has 0 aromatic rings. The Labute approximate surface area is 57.0 Å². The monoisotopic (exact) mass is 148 g/mol. The molecule has 6 nitrogen and oxygen atoms in total. The van der Waals surface area contributed by atoms with Crippen molar-refractivity contribution in [1.82, 2.24) is 0 Å². The highest BCUT2D eigenvalue weighted by atomic mass is 17.2. The predicted octanol–water partition coefficient (Wildman–Crippen LogP) is -1.11. The van der Waals surface area contributed by atoms with E-state index in [1.54, 1.807) is 0 Å². The number of rotatable bonds is 1. The van der Waals surface area contributed by atoms with Crippen molar-refractivity contribution in [2.24, 2.45) is 11.5 Å². The number of primary amides is 1. The van der Waals surface area contributed by atoms with Crippen molar-refractivity contribution >= 4 is 12.1 Å². The molecule has 0 saturated heterocycles. The maximum Gasteiger partial charge on any atom is 0.447 e. The van der Waals surface area contributed by atoms with Crippen LogP contribution >= 0.6 is 0 Å². The Kier molecular flexibility index (Phi) is 3.20. The van der Waals surface area contributed by atoms with Gasteiger partial charge in [-0.2, -0.15) is 0 Å². The highest BCUT2D eigenvalue weighted by Crippen LogP contribution is 1.84. The van der Waals surface area contributed by atoms with Crippen molar-refractivity contribution in [3.05, 3.63) is 0 Å². The fourth-order valence-corrected chi connectivity index (χ4v) is 0.158. The fourth-order valence-electron chi connectivity index (χ4n) is 0.158. The molecule has 0 aliphatic rings. The maximum atomic E-state index is 10.4. The van der Waals surface area contributed by atoms with Gasteiger partial charge in [0.15, 0.2) is 0 Å². The van der Waals surface area contributed by atoms with Crippen LogP contribution in [0.3, 0.4) is 0 Å². The molecule has 58 valence electrons. The van der Waals surface area contributed by atoms with E-state index >= 15 is 0 Å². The van der Waals surface area contributed by atoms with E-state index in [9.17, 15) is 9.59 Å². The molecule has 6 heteroatoms. The standard InChI is InChI=1S/C4H8N2O4/c1-2(5)3(7)9-10-4(6)8/h2H,5H2,1H3,(H2,6,8). The Hall–Kier alpha value is -1.30. The molecule has 0 aliphatic heterocycles. The van der Waals surface area contributed by atoms with Crippen molar-refractivity contribution in [3.8, 4) is 0 Å². The lowest BCUT2D eigenvalue weighted by molar-refractivity contribution is -0.231. The van der Waals surface area contributed by atoms with Crippen LogP contribution in [0.5, 0.6) is 0 Å². The third kappa shape index (κ3) is 3.67. The van der Waals surface area contributed by atoms with Crippen molar-refractivity contribution in [3.63, 3.8) is 0 Å². The first-order valence-electron chi connectivity index (χ1n) is 2.47. The molecule has 0 aromatic heterocycles. The van der Waals surface area contributed by atoms with Gasteiger partial charge in [-0.05, 0) is 6.92 Å². The van der Waals surface area contributed by atoms with Crippen LogP contribution < -0.4 is 11.5 Å². The van der Waals surface area contributed by atoms with Gasteiger partial charge in [0, 0.05) is 0 Å². The lowest BCUT2D eigenvalue weighted by Gasteiger charge is -2.01. The Balaban J connectivity index is 3.50. The van der Waals surface area contributed by atoms with E-state index in [1.165, 1.54) is 6.92 Å². The zero-order valence-corrected chi connectivity index (χ0v) is 5.37. The Morgan fingerprint density at radius 2 is 1.90 bits per heavy atom. The molecule has 0 radical (unpaired) electrons. The third-order valence-electron chi connectivity index (χ3n) is 0.578. The molecule has 0 rings (SSSR count). The smallest absolute Gasteiger partial charge is 0.332 e. The Morgan fingerprint density at radius 3 is 2.20 bits per heavy atom. The van der Waals surface area contributed by atoms with Crippen LogP contribution in [0.25, 0.3) is 0 Å². The van der Waals surface area contributed by atoms with E-state index in [1.807, 2.05) is 0 Å². The molecule has 0 bridgehead atoms. The first-order chi connectivity index (χ1) is 4.54. The minimum atomic E-state index is -1.19. The predicted molar refractivity (Wildman–Crippen MR) is 30.4 cm³/mol. The number of carbonyl (C=O) groups is 2. The summed E-state index contributed by atoms with van der Waals surface area (Å²) in [5.74, 6) is -0.848. The molecule has 10 heavy (non-hydrogen) atoms. The van der Waals surface area contributed by atoms with Gasteiger partial charge >= 0.3 is 12.1 Å². The molecule has 0 spiro atoms. The average molecular weight is 148 g/mol. The zero-order chi connectivity index (χ0) is 8.15. The highest BCUT2D eigenvalue weighted by molar-refractivity contribution is 5.75. The quantitative estimate of drug-likeness (QED) is 0.362. The molecule has 0 heterocycles. The minimum absolute atomic E-state index is 0.834. The van der Waals surface area contributed by atoms with Gasteiger partial charge in [0.25, 0.3) is 0 Å². The summed E-state index contributed by atoms with van der Waals surface area (Å²) >= 11 is 0. The minimum Gasteiger partial charge on any atom is -0.332 e. The van der Waals surface area contributed by atoms with E-state index in [2.05, 4.69) is 15.5 Å². The van der Waals surface area contributed by atoms with Gasteiger partial charge in [0.05, 0.1) is 0 Å². The van der Waals surface area contributed by atoms with E-state index < -0.39 is 18.1 Å². The molecule has 4 N–H and O–H groups in total. The van der Waals surface area contributed by atoms with Crippen LogP contribution in [-0.2, 0) is 14.6 Å². The summed E-state index contributed by atoms with van der Waals surface area (Å²) < 4.78 is 0. The number of hydrogen-bond acceptors (Lipinski definition) is 5. The second-order valence-corrected chi connectivity index (χ2v) is 1.59. The van der Waals surface area contributed by atoms with E-state index in [0.717, 1.165) is 0 Å². The molecule has 1 unspecified atom stereocenters. The summed E-state index contributed by atoms with van der Waals surface area (Å²) in [4.78, 5) is 27.7. The molecule has 1 atom stereocenters. The second kappa shape index (κ2) is 3.67. The lowest BCUT2D eigenvalue weighted by atomic mass is 10.4. The highest BCUT2D eigenvalue weighted by Gasteiger charge is 2.11. The lowest BCUT2D eigenvalue weighted by Crippen LogP contribution is -2.30. The van der Waals surface area contributed by atoms with Crippen LogP contribution in [0.1, 0.15) is 6.92 Å². The number of amides is 1. The normalized spacial score (nSPS) is 11.8. The third-order valence-corrected chi connectivity index (χ3v) is 0.578. The van der Waals surface area contributed by atoms with Gasteiger partial charge in [-0.3, -0.25) is 0 Å². The molecule has 0 aromatic carbocycles. The van der Waals surface area contributed by atoms with Crippen LogP contribution in [0.15, 0.2) is 0 Å². The van der Waals surface area contributed by atoms with Gasteiger partial charge in [-0.1, -0.05) is 0 Å². The van der Waals surface area contributed by atoms with Crippen LogP contribution in [0.4, 0.5) is 4.79 Å². The van der Waals surface area contributed by atoms with E-state index in [0.29, 0.717) is 0 Å². The molecular formula is C4H8N2O4. The molecule has 1 amide bonds. The van der Waals surface area contributed by atoms with E-state index in [4.69, 9.17) is 5.73 Å². The molecule has 0 fully saturated rings. The summed E-state index contributed by atoms with van der Waals surface area (Å²) in [5.41, 5.74) is 9.48. The summed E-state index contributed by atoms with van der Waals surface area (Å²) in [5, 5.41) is 0. The number of nitrogens with two attached hydrogens (primary N) is 2. The van der Waals surface area contributed by atoms with Gasteiger partial charge in [-0.15, -0.1) is 0 Å². The van der Waals surface area contributed by atoms with Crippen LogP contribution in [0, 0.1) is 0 Å². The summed E-state index contributed by atoms with van der Waals surface area (Å²) in [6.45, 7) is 1.38. The van der Waals surface area contributed by atoms with Gasteiger partial charge in [-0.25, -0.2) is 19.4 Å². The maximum absolute atomic E-state index is 10.4. The van der Waals surface area contributed by atoms with Crippen molar-refractivity contribution in [2.75, 3.05) is 0 Å². The topological polar surface area (TPSA) is 105 Å². The Bertz CT molecular complexity index is 144. The Morgan fingerprint density at radius 1 is 1.40 bits per heavy atom. The first-order valence-corrected chi connectivity index (χ1v) is 2.47. The molecule has 0 aliphatic carbocycles. The van der Waals surface area contributed by atoms with E-state index in [-0.39, 0.29) is 0 Å². The molecule has 0 saturated carbocycles. The van der Waals surface area contributed by atoms with Crippen molar-refractivity contribution in [1.29, 1.82) is 0 Å². The SMILES string of the molecule is CC(N)C(=O)OOC(N)=O. The van der Waals surface area contributed by atoms with Crippen molar-refractivity contribution < 1.29 is 19.4 Å². The second-order valence-electron chi connectivity index (χ2n) is 1.59. The molecular weight excluding hydrogens is 140 g/mol. The largest absolute Gasteiger partial charge is 0.447 e. The fraction of sp³-hybridized carbons (Fsp3) is 0.500. The summed E-state index contributed by atoms with van der Waals surface area (Å²) in [7, 11) is 0. The van der Waals surface area contributed by atoms with Crippen molar-refractivity contribution in [2.45, 2.75) is 13.0 Å². The van der Waals surface area contributed by atoms with Gasteiger partial charge in [0.1, 0.15) is 6.04 Å². The number of hydrogen-bond donors (Lipinski definition) is 2. The first kappa shape index (κ1) is 8.70.